The van der Waals surface area contributed by atoms with Gasteiger partial charge in [-0.3, -0.25) is 0 Å². The van der Waals surface area contributed by atoms with Crippen LogP contribution >= 0.6 is 0 Å². The third kappa shape index (κ3) is 2.27. The number of benzene rings is 2. The maximum atomic E-state index is 6.11. The molecule has 0 bridgehead atoms. The molecule has 2 aromatic carbocycles. The monoisotopic (exact) mass is 262 g/mol. The molecule has 0 atom stereocenters. The van der Waals surface area contributed by atoms with E-state index < -0.39 is 0 Å². The van der Waals surface area contributed by atoms with E-state index >= 15 is 0 Å². The minimum absolute atomic E-state index is 0.931. The van der Waals surface area contributed by atoms with Crippen molar-refractivity contribution >= 4 is 11.6 Å². The molecule has 0 unspecified atom stereocenters. The van der Waals surface area contributed by atoms with Crippen molar-refractivity contribution in [2.24, 2.45) is 0 Å². The molecule has 0 N–H and O–H groups in total. The summed E-state index contributed by atoms with van der Waals surface area (Å²) in [5.41, 5.74) is 5.94. The van der Waals surface area contributed by atoms with E-state index in [4.69, 9.17) is 4.74 Å². The molecular weight excluding hydrogens is 244 g/mol. The quantitative estimate of drug-likeness (QED) is 0.684. The van der Waals surface area contributed by atoms with Crippen LogP contribution in [0.15, 0.2) is 59.9 Å². The summed E-state index contributed by atoms with van der Waals surface area (Å²) in [4.78, 5) is 0. The molecule has 0 spiro atoms. The van der Waals surface area contributed by atoms with E-state index in [1.807, 2.05) is 18.2 Å². The lowest BCUT2D eigenvalue weighted by Gasteiger charge is -2.22. The maximum absolute atomic E-state index is 6.11. The van der Waals surface area contributed by atoms with E-state index in [2.05, 4.69) is 57.2 Å². The highest BCUT2D eigenvalue weighted by atomic mass is 16.5. The number of hydrogen-bond donors (Lipinski definition) is 0. The van der Waals surface area contributed by atoms with Crippen molar-refractivity contribution < 1.29 is 4.74 Å². The second kappa shape index (κ2) is 5.01. The van der Waals surface area contributed by atoms with Gasteiger partial charge in [0.1, 0.15) is 11.5 Å². The van der Waals surface area contributed by atoms with Crippen LogP contribution in [0.4, 0.5) is 0 Å². The first-order chi connectivity index (χ1) is 9.65. The Balaban J connectivity index is 2.20. The van der Waals surface area contributed by atoms with Crippen molar-refractivity contribution in [1.82, 2.24) is 0 Å². The molecule has 1 aliphatic rings. The van der Waals surface area contributed by atoms with Crippen LogP contribution in [0.1, 0.15) is 30.5 Å². The van der Waals surface area contributed by atoms with E-state index in [1.165, 1.54) is 16.7 Å². The molecule has 1 heteroatoms. The highest BCUT2D eigenvalue weighted by Crippen LogP contribution is 2.37. The summed E-state index contributed by atoms with van der Waals surface area (Å²) in [7, 11) is 0. The molecule has 0 saturated carbocycles. The number of aryl methyl sites for hydroxylation is 1. The van der Waals surface area contributed by atoms with Crippen LogP contribution in [0.5, 0.6) is 5.75 Å². The largest absolute Gasteiger partial charge is 0.456 e. The fraction of sp³-hybridized carbons (Fsp3) is 0.158. The van der Waals surface area contributed by atoms with Gasteiger partial charge in [0, 0.05) is 11.1 Å². The molecule has 0 amide bonds. The van der Waals surface area contributed by atoms with Crippen LogP contribution in [0, 0.1) is 6.92 Å². The van der Waals surface area contributed by atoms with Crippen molar-refractivity contribution in [1.29, 1.82) is 0 Å². The first-order valence-electron chi connectivity index (χ1n) is 6.88. The summed E-state index contributed by atoms with van der Waals surface area (Å²) in [6, 6.07) is 16.7. The van der Waals surface area contributed by atoms with E-state index in [1.54, 1.807) is 0 Å². The number of allylic oxidation sites excluding steroid dienone is 2. The van der Waals surface area contributed by atoms with E-state index in [0.717, 1.165) is 22.6 Å². The summed E-state index contributed by atoms with van der Waals surface area (Å²) in [5, 5.41) is 0. The molecule has 3 rings (SSSR count). The van der Waals surface area contributed by atoms with Crippen molar-refractivity contribution in [3.63, 3.8) is 0 Å². The Morgan fingerprint density at radius 2 is 1.75 bits per heavy atom. The van der Waals surface area contributed by atoms with Gasteiger partial charge in [0.15, 0.2) is 0 Å². The smallest absolute Gasteiger partial charge is 0.134 e. The lowest BCUT2D eigenvalue weighted by atomic mass is 9.95. The summed E-state index contributed by atoms with van der Waals surface area (Å²) in [5.74, 6) is 1.90. The van der Waals surface area contributed by atoms with Gasteiger partial charge >= 0.3 is 0 Å². The van der Waals surface area contributed by atoms with Crippen LogP contribution in [0.2, 0.25) is 0 Å². The zero-order valence-electron chi connectivity index (χ0n) is 12.1. The van der Waals surface area contributed by atoms with Crippen LogP contribution in [0.3, 0.4) is 0 Å². The Kier molecular flexibility index (Phi) is 3.19. The van der Waals surface area contributed by atoms with Crippen LogP contribution in [-0.4, -0.2) is 0 Å². The molecule has 1 aliphatic heterocycles. The molecule has 20 heavy (non-hydrogen) atoms. The highest BCUT2D eigenvalue weighted by Gasteiger charge is 2.19. The molecule has 0 aromatic heterocycles. The van der Waals surface area contributed by atoms with Gasteiger partial charge in [0.2, 0.25) is 0 Å². The predicted molar refractivity (Wildman–Crippen MR) is 84.5 cm³/mol. The van der Waals surface area contributed by atoms with Crippen molar-refractivity contribution in [2.45, 2.75) is 20.8 Å². The van der Waals surface area contributed by atoms with Gasteiger partial charge in [0.25, 0.3) is 0 Å². The van der Waals surface area contributed by atoms with Crippen LogP contribution < -0.4 is 4.74 Å². The number of hydrogen-bond acceptors (Lipinski definition) is 1. The average Bonchev–Trinajstić information content (AvgIpc) is 2.46. The van der Waals surface area contributed by atoms with Crippen LogP contribution in [0.25, 0.3) is 11.6 Å². The fourth-order valence-corrected chi connectivity index (χ4v) is 2.48. The summed E-state index contributed by atoms with van der Waals surface area (Å²) in [6.45, 7) is 6.30. The second-order valence-corrected chi connectivity index (χ2v) is 5.40. The third-order valence-corrected chi connectivity index (χ3v) is 3.46. The van der Waals surface area contributed by atoms with Gasteiger partial charge in [-0.05, 0) is 44.1 Å². The van der Waals surface area contributed by atoms with Gasteiger partial charge in [-0.2, -0.15) is 0 Å². The normalized spacial score (nSPS) is 13.3. The first kappa shape index (κ1) is 12.7. The Morgan fingerprint density at radius 1 is 0.950 bits per heavy atom. The average molecular weight is 262 g/mol. The zero-order chi connectivity index (χ0) is 14.1. The minimum Gasteiger partial charge on any atom is -0.456 e. The first-order valence-corrected chi connectivity index (χ1v) is 6.88. The zero-order valence-corrected chi connectivity index (χ0v) is 12.1. The fourth-order valence-electron chi connectivity index (χ4n) is 2.48. The van der Waals surface area contributed by atoms with Gasteiger partial charge in [-0.25, -0.2) is 0 Å². The molecule has 1 nitrogen and oxygen atoms in total. The van der Waals surface area contributed by atoms with Crippen LogP contribution in [-0.2, 0) is 0 Å². The van der Waals surface area contributed by atoms with Gasteiger partial charge in [0.05, 0.1) is 0 Å². The third-order valence-electron chi connectivity index (χ3n) is 3.46. The van der Waals surface area contributed by atoms with Crippen molar-refractivity contribution in [2.75, 3.05) is 0 Å². The van der Waals surface area contributed by atoms with E-state index in [0.29, 0.717) is 0 Å². The van der Waals surface area contributed by atoms with Gasteiger partial charge in [-0.1, -0.05) is 48.0 Å². The number of ether oxygens (including phenoxy) is 1. The molecule has 0 fully saturated rings. The summed E-state index contributed by atoms with van der Waals surface area (Å²) in [6.07, 6.45) is 2.22. The molecule has 0 saturated heterocycles. The molecular formula is C19H18O. The Bertz CT molecular complexity index is 716. The highest BCUT2D eigenvalue weighted by molar-refractivity contribution is 5.93. The number of fused-ring (bicyclic) bond motifs is 1. The van der Waals surface area contributed by atoms with E-state index in [-0.39, 0.29) is 0 Å². The van der Waals surface area contributed by atoms with E-state index in [9.17, 15) is 0 Å². The molecule has 100 valence electrons. The minimum atomic E-state index is 0.931. The molecule has 0 aliphatic carbocycles. The molecule has 2 aromatic rings. The van der Waals surface area contributed by atoms with Gasteiger partial charge < -0.3 is 4.74 Å². The lowest BCUT2D eigenvalue weighted by Crippen LogP contribution is -2.06. The SMILES string of the molecule is CC(C)=C1Oc2ccccc2C=C1c1cccc(C)c1. The predicted octanol–water partition coefficient (Wildman–Crippen LogP) is 5.22. The Morgan fingerprint density at radius 3 is 2.50 bits per heavy atom. The topological polar surface area (TPSA) is 9.23 Å². The number of rotatable bonds is 1. The Hall–Kier alpha value is -2.28. The molecule has 0 radical (unpaired) electrons. The van der Waals surface area contributed by atoms with Crippen molar-refractivity contribution in [3.8, 4) is 5.75 Å². The summed E-state index contributed by atoms with van der Waals surface area (Å²) < 4.78 is 6.11. The van der Waals surface area contributed by atoms with Gasteiger partial charge in [-0.15, -0.1) is 0 Å². The number of para-hydroxylation sites is 1. The molecule has 1 heterocycles. The lowest BCUT2D eigenvalue weighted by molar-refractivity contribution is 0.439. The summed E-state index contributed by atoms with van der Waals surface area (Å²) >= 11 is 0. The standard InChI is InChI=1S/C19H18O/c1-13(2)19-17(15-9-6-7-14(3)11-15)12-16-8-4-5-10-18(16)20-19/h4-12H,1-3H3. The maximum Gasteiger partial charge on any atom is 0.134 e. The second-order valence-electron chi connectivity index (χ2n) is 5.40. The van der Waals surface area contributed by atoms with Crippen molar-refractivity contribution in [3.05, 3.63) is 76.6 Å². The Labute approximate surface area is 120 Å².